The average molecular weight is 499 g/mol. The van der Waals surface area contributed by atoms with Crippen LogP contribution in [-0.2, 0) is 9.53 Å². The number of ether oxygens (including phenoxy) is 3. The molecule has 36 heavy (non-hydrogen) atoms. The van der Waals surface area contributed by atoms with Crippen LogP contribution in [0.4, 0.5) is 0 Å². The van der Waals surface area contributed by atoms with Gasteiger partial charge in [-0.05, 0) is 44.0 Å². The van der Waals surface area contributed by atoms with Crippen molar-refractivity contribution in [3.05, 3.63) is 36.7 Å². The van der Waals surface area contributed by atoms with E-state index in [9.17, 15) is 4.79 Å². The molecule has 2 rings (SSSR count). The lowest BCUT2D eigenvalue weighted by Crippen LogP contribution is -2.26. The number of hydrogen-bond acceptors (Lipinski definition) is 6. The molecular weight excluding hydrogens is 452 g/mol. The minimum Gasteiger partial charge on any atom is -0.490 e. The van der Waals surface area contributed by atoms with Crippen LogP contribution < -0.4 is 9.47 Å². The van der Waals surface area contributed by atoms with Crippen LogP contribution in [0, 0.1) is 0 Å². The molecule has 6 nitrogen and oxygen atoms in total. The first-order chi connectivity index (χ1) is 17.6. The van der Waals surface area contributed by atoms with Gasteiger partial charge in [-0.1, -0.05) is 84.5 Å². The Hall–Kier alpha value is -2.47. The molecule has 200 valence electrons. The van der Waals surface area contributed by atoms with Crippen molar-refractivity contribution >= 4 is 5.97 Å². The molecule has 0 bridgehead atoms. The van der Waals surface area contributed by atoms with Gasteiger partial charge in [0.15, 0.2) is 17.7 Å². The minimum absolute atomic E-state index is 0.382. The van der Waals surface area contributed by atoms with E-state index in [-0.39, 0.29) is 5.97 Å². The fraction of sp³-hybridized carbons (Fsp3) is 0.633. The smallest absolute Gasteiger partial charge is 0.340 e. The molecule has 0 amide bonds. The van der Waals surface area contributed by atoms with E-state index in [0.29, 0.717) is 30.5 Å². The van der Waals surface area contributed by atoms with Crippen molar-refractivity contribution in [2.45, 2.75) is 110 Å². The van der Waals surface area contributed by atoms with E-state index in [1.165, 1.54) is 64.2 Å². The number of aromatic nitrogens is 2. The highest BCUT2D eigenvalue weighted by molar-refractivity contribution is 5.77. The number of nitrogens with zero attached hydrogens (tertiary/aromatic N) is 2. The Morgan fingerprint density at radius 3 is 1.83 bits per heavy atom. The Morgan fingerprint density at radius 1 is 0.722 bits per heavy atom. The van der Waals surface area contributed by atoms with Crippen molar-refractivity contribution in [2.75, 3.05) is 13.2 Å². The first kappa shape index (κ1) is 29.8. The number of unbranched alkanes of at least 4 members (excludes halogenated alkanes) is 11. The average Bonchev–Trinajstić information content (AvgIpc) is 2.90. The van der Waals surface area contributed by atoms with Crippen molar-refractivity contribution in [2.24, 2.45) is 0 Å². The lowest BCUT2D eigenvalue weighted by atomic mass is 10.1. The molecule has 1 atom stereocenters. The molecule has 0 spiro atoms. The molecule has 0 aliphatic heterocycles. The van der Waals surface area contributed by atoms with Gasteiger partial charge in [-0.15, -0.1) is 0 Å². The predicted molar refractivity (Wildman–Crippen MR) is 145 cm³/mol. The maximum Gasteiger partial charge on any atom is 0.340 e. The summed E-state index contributed by atoms with van der Waals surface area (Å²) in [5.41, 5.74) is 0.848. The molecule has 0 aliphatic carbocycles. The summed E-state index contributed by atoms with van der Waals surface area (Å²) in [6.07, 6.45) is 18.8. The van der Waals surface area contributed by atoms with Crippen molar-refractivity contribution in [3.8, 4) is 22.9 Å². The standard InChI is InChI=1S/C30H46N2O4/c1-4-6-8-10-12-14-16-22-35-28-23-31-29(32-24-28)26-17-19-27(20-18-26)36-30(33)25(3)34-21-15-13-11-9-7-5-2/h17-20,23-25H,4-16,21-22H2,1-3H3. The number of rotatable bonds is 20. The summed E-state index contributed by atoms with van der Waals surface area (Å²) in [5.74, 6) is 1.39. The zero-order valence-electron chi connectivity index (χ0n) is 22.7. The third-order valence-corrected chi connectivity index (χ3v) is 6.17. The van der Waals surface area contributed by atoms with Crippen molar-refractivity contribution in [1.82, 2.24) is 9.97 Å². The molecule has 1 aromatic heterocycles. The van der Waals surface area contributed by atoms with Gasteiger partial charge in [0.25, 0.3) is 0 Å². The molecule has 0 fully saturated rings. The van der Waals surface area contributed by atoms with E-state index in [4.69, 9.17) is 14.2 Å². The Kier molecular flexibility index (Phi) is 15.5. The molecule has 1 heterocycles. The molecular formula is C30H46N2O4. The van der Waals surface area contributed by atoms with Gasteiger partial charge in [-0.3, -0.25) is 0 Å². The van der Waals surface area contributed by atoms with E-state index in [2.05, 4.69) is 23.8 Å². The van der Waals surface area contributed by atoms with Gasteiger partial charge in [-0.2, -0.15) is 0 Å². The number of esters is 1. The Labute approximate surface area is 218 Å². The Balaban J connectivity index is 1.67. The van der Waals surface area contributed by atoms with Crippen LogP contribution in [-0.4, -0.2) is 35.3 Å². The van der Waals surface area contributed by atoms with Gasteiger partial charge < -0.3 is 14.2 Å². The molecule has 1 unspecified atom stereocenters. The second kappa shape index (κ2) is 18.8. The second-order valence-corrected chi connectivity index (χ2v) is 9.44. The summed E-state index contributed by atoms with van der Waals surface area (Å²) < 4.78 is 16.9. The van der Waals surface area contributed by atoms with Crippen LogP contribution in [0.25, 0.3) is 11.4 Å². The first-order valence-electron chi connectivity index (χ1n) is 14.0. The molecule has 0 saturated carbocycles. The van der Waals surface area contributed by atoms with E-state index < -0.39 is 6.10 Å². The largest absolute Gasteiger partial charge is 0.490 e. The van der Waals surface area contributed by atoms with Crippen LogP contribution in [0.15, 0.2) is 36.7 Å². The van der Waals surface area contributed by atoms with Crippen LogP contribution in [0.2, 0.25) is 0 Å². The third kappa shape index (κ3) is 12.5. The van der Waals surface area contributed by atoms with E-state index in [1.54, 1.807) is 31.5 Å². The number of hydrogen-bond donors (Lipinski definition) is 0. The van der Waals surface area contributed by atoms with Gasteiger partial charge in [0.2, 0.25) is 0 Å². The quantitative estimate of drug-likeness (QED) is 0.105. The van der Waals surface area contributed by atoms with Gasteiger partial charge in [0.05, 0.1) is 19.0 Å². The zero-order chi connectivity index (χ0) is 25.8. The summed E-state index contributed by atoms with van der Waals surface area (Å²) in [6.45, 7) is 7.46. The molecule has 6 heteroatoms. The Morgan fingerprint density at radius 2 is 1.25 bits per heavy atom. The molecule has 0 aliphatic rings. The molecule has 1 aromatic carbocycles. The van der Waals surface area contributed by atoms with Gasteiger partial charge in [0.1, 0.15) is 5.75 Å². The topological polar surface area (TPSA) is 70.5 Å². The van der Waals surface area contributed by atoms with Gasteiger partial charge in [-0.25, -0.2) is 14.8 Å². The third-order valence-electron chi connectivity index (χ3n) is 6.17. The zero-order valence-corrected chi connectivity index (χ0v) is 22.7. The van der Waals surface area contributed by atoms with Gasteiger partial charge >= 0.3 is 5.97 Å². The maximum atomic E-state index is 12.3. The monoisotopic (exact) mass is 498 g/mol. The normalized spacial score (nSPS) is 11.9. The maximum absolute atomic E-state index is 12.3. The number of carbonyl (C=O) groups is 1. The summed E-state index contributed by atoms with van der Waals surface area (Å²) in [5, 5.41) is 0. The van der Waals surface area contributed by atoms with Crippen LogP contribution in [0.1, 0.15) is 104 Å². The van der Waals surface area contributed by atoms with E-state index >= 15 is 0 Å². The van der Waals surface area contributed by atoms with Crippen LogP contribution in [0.3, 0.4) is 0 Å². The lowest BCUT2D eigenvalue weighted by Gasteiger charge is -2.12. The van der Waals surface area contributed by atoms with Crippen LogP contribution >= 0.6 is 0 Å². The summed E-state index contributed by atoms with van der Waals surface area (Å²) in [6, 6.07) is 7.20. The molecule has 0 saturated heterocycles. The SMILES string of the molecule is CCCCCCCCCOc1cnc(-c2ccc(OC(=O)C(C)OCCCCCCCC)cc2)nc1. The first-order valence-corrected chi connectivity index (χ1v) is 14.0. The fourth-order valence-corrected chi connectivity index (χ4v) is 3.87. The summed E-state index contributed by atoms with van der Waals surface area (Å²) in [4.78, 5) is 21.1. The van der Waals surface area contributed by atoms with Crippen molar-refractivity contribution < 1.29 is 19.0 Å². The highest BCUT2D eigenvalue weighted by Gasteiger charge is 2.16. The molecule has 2 aromatic rings. The number of carbonyl (C=O) groups excluding carboxylic acids is 1. The van der Waals surface area contributed by atoms with Gasteiger partial charge in [0, 0.05) is 12.2 Å². The van der Waals surface area contributed by atoms with E-state index in [1.807, 2.05) is 12.1 Å². The highest BCUT2D eigenvalue weighted by Crippen LogP contribution is 2.21. The minimum atomic E-state index is -0.586. The summed E-state index contributed by atoms with van der Waals surface area (Å²) >= 11 is 0. The Bertz CT molecular complexity index is 824. The lowest BCUT2D eigenvalue weighted by molar-refractivity contribution is -0.146. The molecule has 0 N–H and O–H groups in total. The van der Waals surface area contributed by atoms with Crippen molar-refractivity contribution in [1.29, 1.82) is 0 Å². The van der Waals surface area contributed by atoms with Crippen LogP contribution in [0.5, 0.6) is 11.5 Å². The molecule has 0 radical (unpaired) electrons. The highest BCUT2D eigenvalue weighted by atomic mass is 16.6. The fourth-order valence-electron chi connectivity index (χ4n) is 3.87. The summed E-state index contributed by atoms with van der Waals surface area (Å²) in [7, 11) is 0. The van der Waals surface area contributed by atoms with Crippen molar-refractivity contribution in [3.63, 3.8) is 0 Å². The number of benzene rings is 1. The second-order valence-electron chi connectivity index (χ2n) is 9.44. The predicted octanol–water partition coefficient (Wildman–Crippen LogP) is 7.94. The van der Waals surface area contributed by atoms with E-state index in [0.717, 1.165) is 24.8 Å².